The Hall–Kier alpha value is -0.870. The number of nitrogens with zero attached hydrogens (tertiary/aromatic N) is 2. The van der Waals surface area contributed by atoms with Crippen molar-refractivity contribution in [2.45, 2.75) is 50.1 Å². The van der Waals surface area contributed by atoms with E-state index in [1.807, 2.05) is 12.3 Å². The molecule has 4 saturated carbocycles. The maximum atomic E-state index is 9.35. The first-order valence-electron chi connectivity index (χ1n) is 7.61. The topological polar surface area (TPSA) is 64.1 Å². The summed E-state index contributed by atoms with van der Waals surface area (Å²) < 4.78 is 2.19. The second-order valence-electron chi connectivity index (χ2n) is 7.10. The van der Waals surface area contributed by atoms with Gasteiger partial charge in [0.25, 0.3) is 0 Å². The lowest BCUT2D eigenvalue weighted by Crippen LogP contribution is -2.53. The van der Waals surface area contributed by atoms with Crippen LogP contribution in [0.4, 0.5) is 0 Å². The van der Waals surface area contributed by atoms with Gasteiger partial charge in [-0.25, -0.2) is 0 Å². The van der Waals surface area contributed by atoms with Crippen LogP contribution in [0.3, 0.4) is 0 Å². The third-order valence-corrected chi connectivity index (χ3v) is 5.70. The van der Waals surface area contributed by atoms with Gasteiger partial charge >= 0.3 is 0 Å². The third-order valence-electron chi connectivity index (χ3n) is 5.70. The Labute approximate surface area is 114 Å². The van der Waals surface area contributed by atoms with Crippen LogP contribution in [0.2, 0.25) is 0 Å². The van der Waals surface area contributed by atoms with Gasteiger partial charge in [0.1, 0.15) is 0 Å². The van der Waals surface area contributed by atoms with Crippen molar-refractivity contribution in [2.24, 2.45) is 23.5 Å². The number of rotatable bonds is 3. The number of aromatic nitrogens is 2. The van der Waals surface area contributed by atoms with E-state index in [1.165, 1.54) is 38.5 Å². The fraction of sp³-hybridized carbons (Fsp3) is 0.800. The van der Waals surface area contributed by atoms with Gasteiger partial charge in [-0.1, -0.05) is 0 Å². The molecular weight excluding hydrogens is 238 g/mol. The minimum atomic E-state index is -0.296. The van der Waals surface area contributed by atoms with Crippen LogP contribution >= 0.6 is 0 Å². The second-order valence-corrected chi connectivity index (χ2v) is 7.10. The van der Waals surface area contributed by atoms with Gasteiger partial charge in [0.2, 0.25) is 0 Å². The molecule has 104 valence electrons. The normalized spacial score (nSPS) is 41.7. The molecule has 4 bridgehead atoms. The van der Waals surface area contributed by atoms with Crippen LogP contribution in [0, 0.1) is 17.8 Å². The maximum Gasteiger partial charge on any atom is 0.0702 e. The molecule has 4 fully saturated rings. The minimum absolute atomic E-state index is 0.00193. The first kappa shape index (κ1) is 11.9. The molecular formula is C15H23N3O. The Morgan fingerprint density at radius 2 is 1.84 bits per heavy atom. The zero-order chi connectivity index (χ0) is 13.0. The smallest absolute Gasteiger partial charge is 0.0702 e. The SMILES string of the molecule is NC(CO)c1ccnn1C12CC3CC(CC(C3)C1)C2. The Kier molecular flexibility index (Phi) is 2.55. The van der Waals surface area contributed by atoms with E-state index in [1.54, 1.807) is 0 Å². The number of hydrogen-bond acceptors (Lipinski definition) is 3. The van der Waals surface area contributed by atoms with Gasteiger partial charge in [0.15, 0.2) is 0 Å². The predicted molar refractivity (Wildman–Crippen MR) is 72.4 cm³/mol. The highest BCUT2D eigenvalue weighted by Gasteiger charge is 2.52. The van der Waals surface area contributed by atoms with Crippen molar-refractivity contribution >= 4 is 0 Å². The molecule has 4 heteroatoms. The molecule has 0 saturated heterocycles. The van der Waals surface area contributed by atoms with Crippen molar-refractivity contribution in [3.05, 3.63) is 18.0 Å². The summed E-state index contributed by atoms with van der Waals surface area (Å²) in [7, 11) is 0. The molecule has 4 nitrogen and oxygen atoms in total. The third kappa shape index (κ3) is 1.69. The summed E-state index contributed by atoms with van der Waals surface area (Å²) in [5.41, 5.74) is 7.27. The molecule has 19 heavy (non-hydrogen) atoms. The highest BCUT2D eigenvalue weighted by molar-refractivity contribution is 5.14. The summed E-state index contributed by atoms with van der Waals surface area (Å²) in [4.78, 5) is 0. The minimum Gasteiger partial charge on any atom is -0.394 e. The second kappa shape index (κ2) is 4.06. The molecule has 5 rings (SSSR count). The van der Waals surface area contributed by atoms with Crippen LogP contribution in [0.5, 0.6) is 0 Å². The van der Waals surface area contributed by atoms with Crippen molar-refractivity contribution in [1.29, 1.82) is 0 Å². The Morgan fingerprint density at radius 3 is 2.37 bits per heavy atom. The van der Waals surface area contributed by atoms with E-state index >= 15 is 0 Å². The predicted octanol–water partition coefficient (Wildman–Crippen LogP) is 1.80. The molecule has 4 aliphatic carbocycles. The summed E-state index contributed by atoms with van der Waals surface area (Å²) in [5.74, 6) is 2.69. The molecule has 4 aliphatic rings. The molecule has 0 amide bonds. The van der Waals surface area contributed by atoms with Crippen LogP contribution in [-0.2, 0) is 5.54 Å². The molecule has 0 spiro atoms. The lowest BCUT2D eigenvalue weighted by atomic mass is 9.53. The quantitative estimate of drug-likeness (QED) is 0.872. The Morgan fingerprint density at radius 1 is 1.26 bits per heavy atom. The average Bonchev–Trinajstić information content (AvgIpc) is 2.86. The van der Waals surface area contributed by atoms with Crippen LogP contribution < -0.4 is 5.73 Å². The van der Waals surface area contributed by atoms with E-state index in [9.17, 15) is 5.11 Å². The van der Waals surface area contributed by atoms with E-state index in [2.05, 4.69) is 9.78 Å². The maximum absolute atomic E-state index is 9.35. The lowest BCUT2D eigenvalue weighted by Gasteiger charge is -2.57. The van der Waals surface area contributed by atoms with Crippen LogP contribution in [-0.4, -0.2) is 21.5 Å². The molecule has 1 aromatic heterocycles. The zero-order valence-corrected chi connectivity index (χ0v) is 11.3. The van der Waals surface area contributed by atoms with Crippen molar-refractivity contribution < 1.29 is 5.11 Å². The number of nitrogens with two attached hydrogens (primary N) is 1. The molecule has 1 aromatic rings. The van der Waals surface area contributed by atoms with Crippen molar-refractivity contribution in [1.82, 2.24) is 9.78 Å². The molecule has 0 aliphatic heterocycles. The van der Waals surface area contributed by atoms with Crippen molar-refractivity contribution in [2.75, 3.05) is 6.61 Å². The Bertz CT molecular complexity index is 446. The summed E-state index contributed by atoms with van der Waals surface area (Å²) in [6.45, 7) is -0.00193. The van der Waals surface area contributed by atoms with Gasteiger partial charge in [-0.2, -0.15) is 5.10 Å². The number of aliphatic hydroxyl groups excluding tert-OH is 1. The van der Waals surface area contributed by atoms with Gasteiger partial charge < -0.3 is 10.8 Å². The van der Waals surface area contributed by atoms with E-state index < -0.39 is 0 Å². The summed E-state index contributed by atoms with van der Waals surface area (Å²) in [6, 6.07) is 1.69. The van der Waals surface area contributed by atoms with Crippen molar-refractivity contribution in [3.8, 4) is 0 Å². The van der Waals surface area contributed by atoms with Crippen molar-refractivity contribution in [3.63, 3.8) is 0 Å². The summed E-state index contributed by atoms with van der Waals surface area (Å²) >= 11 is 0. The highest BCUT2D eigenvalue weighted by atomic mass is 16.3. The average molecular weight is 261 g/mol. The van der Waals surface area contributed by atoms with Crippen LogP contribution in [0.1, 0.15) is 50.3 Å². The van der Waals surface area contributed by atoms with Gasteiger partial charge in [-0.15, -0.1) is 0 Å². The fourth-order valence-corrected chi connectivity index (χ4v) is 5.41. The Balaban J connectivity index is 1.74. The molecule has 1 heterocycles. The molecule has 1 unspecified atom stereocenters. The summed E-state index contributed by atoms with van der Waals surface area (Å²) in [5, 5.41) is 13.9. The monoisotopic (exact) mass is 261 g/mol. The largest absolute Gasteiger partial charge is 0.394 e. The molecule has 3 N–H and O–H groups in total. The van der Waals surface area contributed by atoms with Crippen LogP contribution in [0.15, 0.2) is 12.3 Å². The first-order valence-corrected chi connectivity index (χ1v) is 7.61. The molecule has 1 atom stereocenters. The standard InChI is InChI=1S/C15H23N3O/c16-13(9-19)14-1-2-17-18(14)15-6-10-3-11(7-15)5-12(4-10)8-15/h1-2,10-13,19H,3-9,16H2. The van der Waals surface area contributed by atoms with Gasteiger partial charge in [0, 0.05) is 6.20 Å². The van der Waals surface area contributed by atoms with Gasteiger partial charge in [-0.3, -0.25) is 4.68 Å². The van der Waals surface area contributed by atoms with Gasteiger partial charge in [0.05, 0.1) is 23.9 Å². The fourth-order valence-electron chi connectivity index (χ4n) is 5.41. The van der Waals surface area contributed by atoms with E-state index in [0.717, 1.165) is 23.4 Å². The van der Waals surface area contributed by atoms with E-state index in [0.29, 0.717) is 0 Å². The zero-order valence-electron chi connectivity index (χ0n) is 11.3. The van der Waals surface area contributed by atoms with E-state index in [-0.39, 0.29) is 18.2 Å². The van der Waals surface area contributed by atoms with E-state index in [4.69, 9.17) is 5.73 Å². The number of hydrogen-bond donors (Lipinski definition) is 2. The summed E-state index contributed by atoms with van der Waals surface area (Å²) in [6.07, 6.45) is 9.96. The number of aliphatic hydroxyl groups is 1. The first-order chi connectivity index (χ1) is 9.20. The van der Waals surface area contributed by atoms with Crippen LogP contribution in [0.25, 0.3) is 0 Å². The lowest BCUT2D eigenvalue weighted by molar-refractivity contribution is -0.0514. The van der Waals surface area contributed by atoms with Gasteiger partial charge in [-0.05, 0) is 62.3 Å². The molecule has 0 aromatic carbocycles. The molecule has 0 radical (unpaired) electrons. The highest BCUT2D eigenvalue weighted by Crippen LogP contribution is 2.58.